The molecule has 4 atom stereocenters. The fourth-order valence-electron chi connectivity index (χ4n) is 3.04. The molecule has 1 fully saturated rings. The fraction of sp³-hybridized carbons (Fsp3) is 0.467. The van der Waals surface area contributed by atoms with Crippen molar-refractivity contribution in [3.8, 4) is 0 Å². The molecule has 4 unspecified atom stereocenters. The normalized spacial score (nSPS) is 24.7. The summed E-state index contributed by atoms with van der Waals surface area (Å²) in [6.07, 6.45) is -10.7. The van der Waals surface area contributed by atoms with Crippen LogP contribution in [0.4, 0.5) is 31.1 Å². The number of nitrogens with two attached hydrogens (primary N) is 1. The number of carbonyl (C=O) groups excluding carboxylic acids is 2. The van der Waals surface area contributed by atoms with Crippen molar-refractivity contribution >= 4 is 12.0 Å². The number of hydrogen-bond donors (Lipinski definition) is 1. The zero-order chi connectivity index (χ0) is 19.8. The van der Waals surface area contributed by atoms with Crippen LogP contribution in [0.15, 0.2) is 12.1 Å². The number of carbonyl (C=O) groups is 2. The van der Waals surface area contributed by atoms with E-state index < -0.39 is 72.2 Å². The molecule has 1 aliphatic rings. The number of piperidine rings is 1. The van der Waals surface area contributed by atoms with Crippen LogP contribution in [0, 0.1) is 17.5 Å². The predicted octanol–water partition coefficient (Wildman–Crippen LogP) is 2.83. The molecule has 1 heterocycles. The third-order valence-electron chi connectivity index (χ3n) is 4.20. The number of likely N-dealkylation sites (tertiary alicyclic amines) is 1. The Morgan fingerprint density at radius 1 is 1.23 bits per heavy atom. The molecule has 144 valence electrons. The summed E-state index contributed by atoms with van der Waals surface area (Å²) in [4.78, 5) is 23.1. The number of rotatable bonds is 4. The zero-order valence-electron chi connectivity index (χ0n) is 13.3. The van der Waals surface area contributed by atoms with Crippen molar-refractivity contribution in [3.63, 3.8) is 0 Å². The van der Waals surface area contributed by atoms with Crippen LogP contribution < -0.4 is 5.73 Å². The summed E-state index contributed by atoms with van der Waals surface area (Å²) in [5, 5.41) is 0. The van der Waals surface area contributed by atoms with Gasteiger partial charge >= 0.3 is 6.09 Å². The number of nitrogens with zero attached hydrogens (tertiary/aromatic N) is 1. The van der Waals surface area contributed by atoms with E-state index >= 15 is 0 Å². The van der Waals surface area contributed by atoms with Crippen LogP contribution in [0.3, 0.4) is 0 Å². The van der Waals surface area contributed by atoms with E-state index in [1.54, 1.807) is 0 Å². The van der Waals surface area contributed by atoms with E-state index in [1.807, 2.05) is 0 Å². The predicted molar refractivity (Wildman–Crippen MR) is 75.3 cm³/mol. The van der Waals surface area contributed by atoms with E-state index in [2.05, 4.69) is 4.74 Å². The van der Waals surface area contributed by atoms with Crippen molar-refractivity contribution in [2.45, 2.75) is 44.1 Å². The van der Waals surface area contributed by atoms with Crippen LogP contribution in [-0.4, -0.2) is 41.8 Å². The molecule has 2 rings (SSSR count). The lowest BCUT2D eigenvalue weighted by Gasteiger charge is -2.43. The van der Waals surface area contributed by atoms with Crippen LogP contribution in [0.2, 0.25) is 0 Å². The number of alkyl halides is 3. The quantitative estimate of drug-likeness (QED) is 0.493. The Balaban J connectivity index is 2.53. The minimum absolute atomic E-state index is 0.0240. The van der Waals surface area contributed by atoms with Crippen molar-refractivity contribution in [3.05, 3.63) is 35.1 Å². The standard InChI is InChI=1S/C15H14F6N2O3/c1-5-6(10-7(16)2-3-8(17)11(10)18)4-9(26-15(22)25)14(24)23(5)13(21)12(19)20/h2-3,5-6,9,12-13H,4H2,1H3,(H2,22,25). The Bertz CT molecular complexity index is 717. The molecule has 5 nitrogen and oxygen atoms in total. The van der Waals surface area contributed by atoms with Gasteiger partial charge in [-0.05, 0) is 19.1 Å². The second kappa shape index (κ2) is 7.42. The van der Waals surface area contributed by atoms with E-state index in [9.17, 15) is 35.9 Å². The van der Waals surface area contributed by atoms with Crippen LogP contribution in [0.5, 0.6) is 0 Å². The molecular weight excluding hydrogens is 370 g/mol. The van der Waals surface area contributed by atoms with Gasteiger partial charge in [-0.3, -0.25) is 4.79 Å². The number of ether oxygens (including phenoxy) is 1. The maximum atomic E-state index is 14.1. The van der Waals surface area contributed by atoms with E-state index in [4.69, 9.17) is 5.73 Å². The molecule has 11 heteroatoms. The van der Waals surface area contributed by atoms with Gasteiger partial charge in [-0.15, -0.1) is 0 Å². The first-order valence-electron chi connectivity index (χ1n) is 7.40. The monoisotopic (exact) mass is 384 g/mol. The Morgan fingerprint density at radius 2 is 1.81 bits per heavy atom. The molecular formula is C15H14F6N2O3. The number of hydrogen-bond acceptors (Lipinski definition) is 3. The highest BCUT2D eigenvalue weighted by molar-refractivity contribution is 5.85. The zero-order valence-corrected chi connectivity index (χ0v) is 13.3. The third kappa shape index (κ3) is 3.56. The summed E-state index contributed by atoms with van der Waals surface area (Å²) >= 11 is 0. The van der Waals surface area contributed by atoms with Gasteiger partial charge < -0.3 is 15.4 Å². The molecule has 1 aromatic carbocycles. The van der Waals surface area contributed by atoms with Gasteiger partial charge in [-0.2, -0.15) is 0 Å². The molecule has 0 bridgehead atoms. The highest BCUT2D eigenvalue weighted by Crippen LogP contribution is 2.39. The molecule has 0 radical (unpaired) electrons. The summed E-state index contributed by atoms with van der Waals surface area (Å²) in [5.74, 6) is -7.06. The maximum absolute atomic E-state index is 14.1. The fourth-order valence-corrected chi connectivity index (χ4v) is 3.04. The molecule has 0 spiro atoms. The van der Waals surface area contributed by atoms with Gasteiger partial charge in [0.1, 0.15) is 5.82 Å². The average molecular weight is 384 g/mol. The lowest BCUT2D eigenvalue weighted by Crippen LogP contribution is -2.58. The van der Waals surface area contributed by atoms with Crippen LogP contribution in [0.1, 0.15) is 24.8 Å². The second-order valence-corrected chi connectivity index (χ2v) is 5.72. The molecule has 1 aromatic rings. The SMILES string of the molecule is CC1C(c2c(F)ccc(F)c2F)CC(OC(N)=O)C(=O)N1C(F)C(F)F. The molecule has 1 saturated heterocycles. The van der Waals surface area contributed by atoms with Crippen LogP contribution >= 0.6 is 0 Å². The van der Waals surface area contributed by atoms with Gasteiger partial charge in [0.2, 0.25) is 6.30 Å². The van der Waals surface area contributed by atoms with Gasteiger partial charge in [0.15, 0.2) is 17.7 Å². The minimum Gasteiger partial charge on any atom is -0.436 e. The summed E-state index contributed by atoms with van der Waals surface area (Å²) in [6.45, 7) is 1.07. The van der Waals surface area contributed by atoms with Crippen molar-refractivity contribution in [2.75, 3.05) is 0 Å². The largest absolute Gasteiger partial charge is 0.436 e. The Labute approximate surface area is 143 Å². The molecule has 2 N–H and O–H groups in total. The Kier molecular flexibility index (Phi) is 5.67. The number of halogens is 6. The lowest BCUT2D eigenvalue weighted by molar-refractivity contribution is -0.166. The van der Waals surface area contributed by atoms with Gasteiger partial charge in [0.25, 0.3) is 12.3 Å². The van der Waals surface area contributed by atoms with Gasteiger partial charge in [-0.1, -0.05) is 0 Å². The van der Waals surface area contributed by atoms with Gasteiger partial charge in [0.05, 0.1) is 0 Å². The molecule has 1 aliphatic heterocycles. The molecule has 2 amide bonds. The van der Waals surface area contributed by atoms with Crippen LogP contribution in [-0.2, 0) is 9.53 Å². The molecule has 0 aliphatic carbocycles. The first kappa shape index (κ1) is 19.9. The first-order valence-corrected chi connectivity index (χ1v) is 7.40. The van der Waals surface area contributed by atoms with E-state index in [0.29, 0.717) is 12.1 Å². The molecule has 0 saturated carbocycles. The smallest absolute Gasteiger partial charge is 0.405 e. The molecule has 26 heavy (non-hydrogen) atoms. The van der Waals surface area contributed by atoms with Gasteiger partial charge in [0, 0.05) is 23.9 Å². The summed E-state index contributed by atoms with van der Waals surface area (Å²) in [7, 11) is 0. The van der Waals surface area contributed by atoms with E-state index in [-0.39, 0.29) is 4.90 Å². The number of benzene rings is 1. The first-order chi connectivity index (χ1) is 12.1. The number of amides is 2. The average Bonchev–Trinajstić information content (AvgIpc) is 2.54. The van der Waals surface area contributed by atoms with E-state index in [0.717, 1.165) is 6.92 Å². The Hall–Kier alpha value is -2.46. The second-order valence-electron chi connectivity index (χ2n) is 5.72. The van der Waals surface area contributed by atoms with Crippen molar-refractivity contribution in [1.82, 2.24) is 4.90 Å². The third-order valence-corrected chi connectivity index (χ3v) is 4.20. The van der Waals surface area contributed by atoms with Crippen LogP contribution in [0.25, 0.3) is 0 Å². The lowest BCUT2D eigenvalue weighted by atomic mass is 9.82. The molecule has 0 aromatic heterocycles. The maximum Gasteiger partial charge on any atom is 0.405 e. The number of primary amides is 1. The Morgan fingerprint density at radius 3 is 2.35 bits per heavy atom. The summed E-state index contributed by atoms with van der Waals surface area (Å²) in [6, 6.07) is -0.366. The summed E-state index contributed by atoms with van der Waals surface area (Å²) < 4.78 is 85.6. The highest BCUT2D eigenvalue weighted by atomic mass is 19.3. The van der Waals surface area contributed by atoms with Gasteiger partial charge in [-0.25, -0.2) is 31.1 Å². The minimum atomic E-state index is -3.63. The highest BCUT2D eigenvalue weighted by Gasteiger charge is 2.48. The van der Waals surface area contributed by atoms with E-state index in [1.165, 1.54) is 0 Å². The van der Waals surface area contributed by atoms with Crippen molar-refractivity contribution in [2.24, 2.45) is 5.73 Å². The topological polar surface area (TPSA) is 72.6 Å². The summed E-state index contributed by atoms with van der Waals surface area (Å²) in [5.41, 5.74) is 3.92. The van der Waals surface area contributed by atoms with Crippen molar-refractivity contribution < 1.29 is 40.7 Å². The van der Waals surface area contributed by atoms with Crippen molar-refractivity contribution in [1.29, 1.82) is 0 Å².